The van der Waals surface area contributed by atoms with Gasteiger partial charge in [0.15, 0.2) is 0 Å². The Morgan fingerprint density at radius 2 is 2.12 bits per heavy atom. The van der Waals surface area contributed by atoms with Gasteiger partial charge < -0.3 is 15.0 Å². The van der Waals surface area contributed by atoms with Gasteiger partial charge in [-0.25, -0.2) is 0 Å². The second-order valence-electron chi connectivity index (χ2n) is 4.28. The van der Waals surface area contributed by atoms with Crippen LogP contribution >= 0.6 is 0 Å². The number of aromatic nitrogens is 1. The lowest BCUT2D eigenvalue weighted by atomic mass is 10.2. The predicted molar refractivity (Wildman–Crippen MR) is 66.8 cm³/mol. The van der Waals surface area contributed by atoms with Crippen molar-refractivity contribution in [2.45, 2.75) is 26.4 Å². The number of benzene rings is 1. The summed E-state index contributed by atoms with van der Waals surface area (Å²) in [4.78, 5) is 3.38. The van der Waals surface area contributed by atoms with E-state index >= 15 is 0 Å². The van der Waals surface area contributed by atoms with Gasteiger partial charge in [-0.05, 0) is 24.3 Å². The Morgan fingerprint density at radius 3 is 2.81 bits per heavy atom. The molecule has 0 aliphatic carbocycles. The number of hydrogen-bond acceptors (Lipinski definition) is 2. The van der Waals surface area contributed by atoms with E-state index in [9.17, 15) is 0 Å². The van der Waals surface area contributed by atoms with Crippen molar-refractivity contribution in [1.29, 1.82) is 0 Å². The van der Waals surface area contributed by atoms with Gasteiger partial charge in [-0.2, -0.15) is 0 Å². The van der Waals surface area contributed by atoms with Crippen molar-refractivity contribution in [1.82, 2.24) is 10.3 Å². The quantitative estimate of drug-likeness (QED) is 0.827. The third-order valence-corrected chi connectivity index (χ3v) is 2.58. The van der Waals surface area contributed by atoms with Crippen LogP contribution in [0.5, 0.6) is 5.75 Å². The van der Waals surface area contributed by atoms with Crippen molar-refractivity contribution in [2.75, 3.05) is 7.11 Å². The monoisotopic (exact) mass is 218 g/mol. The minimum absolute atomic E-state index is 0.501. The SMILES string of the molecule is COc1ccc2[nH]c(CNC(C)C)cc2c1. The normalized spacial score (nSPS) is 11.2. The maximum atomic E-state index is 5.20. The van der Waals surface area contributed by atoms with E-state index in [0.29, 0.717) is 6.04 Å². The van der Waals surface area contributed by atoms with E-state index in [4.69, 9.17) is 4.74 Å². The third-order valence-electron chi connectivity index (χ3n) is 2.58. The summed E-state index contributed by atoms with van der Waals surface area (Å²) in [5.74, 6) is 0.898. The van der Waals surface area contributed by atoms with Gasteiger partial charge in [0.1, 0.15) is 5.75 Å². The fraction of sp³-hybridized carbons (Fsp3) is 0.385. The zero-order valence-electron chi connectivity index (χ0n) is 10.0. The van der Waals surface area contributed by atoms with Gasteiger partial charge in [0.2, 0.25) is 0 Å². The predicted octanol–water partition coefficient (Wildman–Crippen LogP) is 2.67. The lowest BCUT2D eigenvalue weighted by Crippen LogP contribution is -2.21. The molecule has 2 rings (SSSR count). The largest absolute Gasteiger partial charge is 0.497 e. The number of aromatic amines is 1. The molecule has 3 nitrogen and oxygen atoms in total. The standard InChI is InChI=1S/C13H18N2O/c1-9(2)14-8-11-6-10-7-12(16-3)4-5-13(10)15-11/h4-7,9,14-15H,8H2,1-3H3. The first-order valence-electron chi connectivity index (χ1n) is 5.58. The van der Waals surface area contributed by atoms with Gasteiger partial charge in [0.25, 0.3) is 0 Å². The van der Waals surface area contributed by atoms with E-state index in [0.717, 1.165) is 17.8 Å². The summed E-state index contributed by atoms with van der Waals surface area (Å²) in [5.41, 5.74) is 2.36. The van der Waals surface area contributed by atoms with E-state index in [1.807, 2.05) is 18.2 Å². The number of methoxy groups -OCH3 is 1. The van der Waals surface area contributed by atoms with Gasteiger partial charge in [0.05, 0.1) is 7.11 Å². The fourth-order valence-corrected chi connectivity index (χ4v) is 1.71. The Morgan fingerprint density at radius 1 is 1.31 bits per heavy atom. The van der Waals surface area contributed by atoms with E-state index in [2.05, 4.69) is 30.2 Å². The zero-order chi connectivity index (χ0) is 11.5. The van der Waals surface area contributed by atoms with Crippen molar-refractivity contribution in [3.05, 3.63) is 30.0 Å². The Balaban J connectivity index is 2.22. The van der Waals surface area contributed by atoms with Crippen LogP contribution in [0.4, 0.5) is 0 Å². The van der Waals surface area contributed by atoms with Crippen molar-refractivity contribution < 1.29 is 4.74 Å². The topological polar surface area (TPSA) is 37.0 Å². The number of nitrogens with one attached hydrogen (secondary N) is 2. The van der Waals surface area contributed by atoms with Crippen LogP contribution in [-0.4, -0.2) is 18.1 Å². The summed E-state index contributed by atoms with van der Waals surface area (Å²) in [5, 5.41) is 4.58. The highest BCUT2D eigenvalue weighted by Gasteiger charge is 2.02. The molecule has 0 fully saturated rings. The lowest BCUT2D eigenvalue weighted by molar-refractivity contribution is 0.415. The zero-order valence-corrected chi connectivity index (χ0v) is 10.0. The van der Waals surface area contributed by atoms with Gasteiger partial charge in [-0.1, -0.05) is 13.8 Å². The Kier molecular flexibility index (Phi) is 3.15. The molecule has 0 spiro atoms. The fourth-order valence-electron chi connectivity index (χ4n) is 1.71. The molecule has 1 aromatic carbocycles. The summed E-state index contributed by atoms with van der Waals surface area (Å²) in [6.07, 6.45) is 0. The first-order chi connectivity index (χ1) is 7.69. The number of hydrogen-bond donors (Lipinski definition) is 2. The lowest BCUT2D eigenvalue weighted by Gasteiger charge is -2.05. The second kappa shape index (κ2) is 4.58. The molecule has 16 heavy (non-hydrogen) atoms. The first kappa shape index (κ1) is 11.0. The van der Waals surface area contributed by atoms with E-state index < -0.39 is 0 Å². The van der Waals surface area contributed by atoms with Crippen LogP contribution in [0.3, 0.4) is 0 Å². The van der Waals surface area contributed by atoms with Gasteiger partial charge in [-0.15, -0.1) is 0 Å². The Labute approximate surface area is 95.8 Å². The van der Waals surface area contributed by atoms with Crippen LogP contribution in [0.15, 0.2) is 24.3 Å². The molecule has 1 aromatic heterocycles. The maximum Gasteiger partial charge on any atom is 0.119 e. The summed E-state index contributed by atoms with van der Waals surface area (Å²) in [6, 6.07) is 8.73. The number of fused-ring (bicyclic) bond motifs is 1. The Hall–Kier alpha value is -1.48. The maximum absolute atomic E-state index is 5.20. The molecule has 0 unspecified atom stereocenters. The molecule has 86 valence electrons. The molecule has 0 aliphatic heterocycles. The molecule has 0 aliphatic rings. The average Bonchev–Trinajstić information content (AvgIpc) is 2.67. The van der Waals surface area contributed by atoms with E-state index in [1.54, 1.807) is 7.11 Å². The van der Waals surface area contributed by atoms with Crippen molar-refractivity contribution >= 4 is 10.9 Å². The molecule has 0 saturated heterocycles. The third kappa shape index (κ3) is 2.36. The molecule has 2 aromatic rings. The van der Waals surface area contributed by atoms with Crippen LogP contribution in [0.1, 0.15) is 19.5 Å². The smallest absolute Gasteiger partial charge is 0.119 e. The highest BCUT2D eigenvalue weighted by molar-refractivity contribution is 5.81. The summed E-state index contributed by atoms with van der Waals surface area (Å²) in [7, 11) is 1.69. The number of rotatable bonds is 4. The van der Waals surface area contributed by atoms with Crippen LogP contribution in [0.2, 0.25) is 0 Å². The molecule has 0 atom stereocenters. The highest BCUT2D eigenvalue weighted by atomic mass is 16.5. The number of H-pyrrole nitrogens is 1. The minimum atomic E-state index is 0.501. The van der Waals surface area contributed by atoms with E-state index in [-0.39, 0.29) is 0 Å². The first-order valence-corrected chi connectivity index (χ1v) is 5.58. The molecule has 0 amide bonds. The van der Waals surface area contributed by atoms with Crippen LogP contribution in [0, 0.1) is 0 Å². The Bertz CT molecular complexity index is 474. The molecular formula is C13H18N2O. The second-order valence-corrected chi connectivity index (χ2v) is 4.28. The van der Waals surface area contributed by atoms with E-state index in [1.165, 1.54) is 11.1 Å². The number of ether oxygens (including phenoxy) is 1. The van der Waals surface area contributed by atoms with Crippen LogP contribution < -0.4 is 10.1 Å². The highest BCUT2D eigenvalue weighted by Crippen LogP contribution is 2.21. The van der Waals surface area contributed by atoms with Crippen LogP contribution in [0.25, 0.3) is 10.9 Å². The molecule has 0 saturated carbocycles. The van der Waals surface area contributed by atoms with Gasteiger partial charge in [0, 0.05) is 29.2 Å². The van der Waals surface area contributed by atoms with Crippen molar-refractivity contribution in [3.8, 4) is 5.75 Å². The summed E-state index contributed by atoms with van der Waals surface area (Å²) in [6.45, 7) is 5.16. The van der Waals surface area contributed by atoms with Gasteiger partial charge in [-0.3, -0.25) is 0 Å². The minimum Gasteiger partial charge on any atom is -0.497 e. The summed E-state index contributed by atoms with van der Waals surface area (Å²) >= 11 is 0. The average molecular weight is 218 g/mol. The van der Waals surface area contributed by atoms with Crippen molar-refractivity contribution in [3.63, 3.8) is 0 Å². The molecular weight excluding hydrogens is 200 g/mol. The van der Waals surface area contributed by atoms with Crippen molar-refractivity contribution in [2.24, 2.45) is 0 Å². The molecule has 0 radical (unpaired) electrons. The molecule has 0 bridgehead atoms. The molecule has 1 heterocycles. The molecule has 3 heteroatoms. The van der Waals surface area contributed by atoms with Crippen LogP contribution in [-0.2, 0) is 6.54 Å². The molecule has 2 N–H and O–H groups in total. The summed E-state index contributed by atoms with van der Waals surface area (Å²) < 4.78 is 5.20. The van der Waals surface area contributed by atoms with Gasteiger partial charge >= 0.3 is 0 Å².